The van der Waals surface area contributed by atoms with Gasteiger partial charge in [0.05, 0.1) is 23.2 Å². The first kappa shape index (κ1) is 20.7. The molecule has 5 nitrogen and oxygen atoms in total. The van der Waals surface area contributed by atoms with Crippen molar-refractivity contribution in [3.05, 3.63) is 59.0 Å². The van der Waals surface area contributed by atoms with Crippen LogP contribution in [0.25, 0.3) is 11.3 Å². The molecule has 0 amide bonds. The number of hydrogen-bond acceptors (Lipinski definition) is 5. The Hall–Kier alpha value is -2.59. The van der Waals surface area contributed by atoms with Gasteiger partial charge in [0, 0.05) is 23.2 Å². The van der Waals surface area contributed by atoms with Crippen molar-refractivity contribution in [1.82, 2.24) is 4.98 Å². The highest BCUT2D eigenvalue weighted by molar-refractivity contribution is 7.92. The molecule has 30 heavy (non-hydrogen) atoms. The molecule has 0 bridgehead atoms. The zero-order chi connectivity index (χ0) is 21.5. The van der Waals surface area contributed by atoms with Gasteiger partial charge < -0.3 is 5.32 Å². The van der Waals surface area contributed by atoms with Crippen LogP contribution in [0.2, 0.25) is 0 Å². The molecule has 0 unspecified atom stereocenters. The van der Waals surface area contributed by atoms with Crippen molar-refractivity contribution in [2.75, 3.05) is 22.4 Å². The number of alkyl halides is 3. The van der Waals surface area contributed by atoms with Gasteiger partial charge in [-0.1, -0.05) is 12.1 Å². The normalized spacial score (nSPS) is 14.5. The van der Waals surface area contributed by atoms with Crippen LogP contribution in [0.5, 0.6) is 0 Å². The number of aryl methyl sites for hydroxylation is 1. The summed E-state index contributed by atoms with van der Waals surface area (Å²) in [6, 6.07) is 10.5. The number of nitrogens with zero attached hydrogens (tertiary/aromatic N) is 2. The molecule has 0 saturated heterocycles. The minimum atomic E-state index is -4.41. The van der Waals surface area contributed by atoms with E-state index in [0.717, 1.165) is 36.1 Å². The Morgan fingerprint density at radius 2 is 1.97 bits per heavy atom. The molecule has 0 radical (unpaired) electrons. The monoisotopic (exact) mass is 453 g/mol. The maximum Gasteiger partial charge on any atom is 0.416 e. The lowest BCUT2D eigenvalue weighted by Gasteiger charge is -2.29. The SMILES string of the molecule is CS(=O)(=O)N1CCCc2cc(-c3csc(Nc4cccc(C(F)(F)F)c4)n3)ccc21. The summed E-state index contributed by atoms with van der Waals surface area (Å²) in [6.07, 6.45) is -1.70. The third kappa shape index (κ3) is 4.29. The molecule has 1 aliphatic heterocycles. The molecule has 1 N–H and O–H groups in total. The zero-order valence-electron chi connectivity index (χ0n) is 15.9. The molecule has 0 spiro atoms. The maximum atomic E-state index is 12.9. The molecule has 1 aliphatic rings. The molecular formula is C20H18F3N3O2S2. The molecule has 3 aromatic rings. The van der Waals surface area contributed by atoms with Gasteiger partial charge in [-0.2, -0.15) is 13.2 Å². The average Bonchev–Trinajstić information content (AvgIpc) is 3.14. The number of halogens is 3. The van der Waals surface area contributed by atoms with Crippen molar-refractivity contribution in [3.8, 4) is 11.3 Å². The second kappa shape index (κ2) is 7.59. The first-order valence-corrected chi connectivity index (χ1v) is 11.8. The number of anilines is 3. The van der Waals surface area contributed by atoms with Gasteiger partial charge in [0.15, 0.2) is 5.13 Å². The van der Waals surface area contributed by atoms with E-state index < -0.39 is 21.8 Å². The van der Waals surface area contributed by atoms with E-state index in [1.54, 1.807) is 12.1 Å². The Bertz CT molecular complexity index is 1190. The molecule has 4 rings (SSSR count). The lowest BCUT2D eigenvalue weighted by Crippen LogP contribution is -2.34. The minimum Gasteiger partial charge on any atom is -0.332 e. The first-order valence-electron chi connectivity index (χ1n) is 9.12. The number of benzene rings is 2. The Morgan fingerprint density at radius 3 is 2.70 bits per heavy atom. The average molecular weight is 454 g/mol. The zero-order valence-corrected chi connectivity index (χ0v) is 17.5. The van der Waals surface area contributed by atoms with Gasteiger partial charge in [-0.3, -0.25) is 4.31 Å². The molecule has 158 valence electrons. The van der Waals surface area contributed by atoms with E-state index in [2.05, 4.69) is 10.3 Å². The molecule has 0 atom stereocenters. The maximum absolute atomic E-state index is 12.9. The van der Waals surface area contributed by atoms with E-state index in [-0.39, 0.29) is 0 Å². The highest BCUT2D eigenvalue weighted by Gasteiger charge is 2.30. The topological polar surface area (TPSA) is 62.3 Å². The van der Waals surface area contributed by atoms with Gasteiger partial charge in [-0.15, -0.1) is 11.3 Å². The smallest absolute Gasteiger partial charge is 0.332 e. The van der Waals surface area contributed by atoms with Crippen molar-refractivity contribution < 1.29 is 21.6 Å². The summed E-state index contributed by atoms with van der Waals surface area (Å²) < 4.78 is 64.1. The molecular weight excluding hydrogens is 435 g/mol. The van der Waals surface area contributed by atoms with Crippen LogP contribution in [0.3, 0.4) is 0 Å². The molecule has 0 fully saturated rings. The fourth-order valence-corrected chi connectivity index (χ4v) is 5.16. The van der Waals surface area contributed by atoms with E-state index in [9.17, 15) is 21.6 Å². The number of thiazole rings is 1. The molecule has 1 aromatic heterocycles. The van der Waals surface area contributed by atoms with Gasteiger partial charge >= 0.3 is 6.18 Å². The standard InChI is InChI=1S/C20H18F3N3O2S2/c1-30(27,28)26-9-3-4-14-10-13(7-8-18(14)26)17-12-29-19(25-17)24-16-6-2-5-15(11-16)20(21,22)23/h2,5-8,10-12H,3-4,9H2,1H3,(H,24,25). The lowest BCUT2D eigenvalue weighted by molar-refractivity contribution is -0.137. The third-order valence-corrected chi connectivity index (χ3v) is 6.73. The van der Waals surface area contributed by atoms with Crippen LogP contribution in [0, 0.1) is 0 Å². The number of hydrogen-bond donors (Lipinski definition) is 1. The Kier molecular flexibility index (Phi) is 5.23. The predicted octanol–water partition coefficient (Wildman–Crippen LogP) is 5.28. The van der Waals surface area contributed by atoms with E-state index in [1.807, 2.05) is 17.5 Å². The van der Waals surface area contributed by atoms with Crippen molar-refractivity contribution in [2.24, 2.45) is 0 Å². The lowest BCUT2D eigenvalue weighted by atomic mass is 10.00. The summed E-state index contributed by atoms with van der Waals surface area (Å²) in [6.45, 7) is 0.465. The van der Waals surface area contributed by atoms with E-state index in [1.165, 1.54) is 28.0 Å². The predicted molar refractivity (Wildman–Crippen MR) is 113 cm³/mol. The Morgan fingerprint density at radius 1 is 1.17 bits per heavy atom. The number of fused-ring (bicyclic) bond motifs is 1. The minimum absolute atomic E-state index is 0.306. The summed E-state index contributed by atoms with van der Waals surface area (Å²) in [7, 11) is -3.33. The van der Waals surface area contributed by atoms with Crippen LogP contribution in [0.15, 0.2) is 47.8 Å². The van der Waals surface area contributed by atoms with Crippen LogP contribution in [0.4, 0.5) is 29.7 Å². The van der Waals surface area contributed by atoms with Crippen molar-refractivity contribution in [3.63, 3.8) is 0 Å². The number of nitrogens with one attached hydrogen (secondary N) is 1. The van der Waals surface area contributed by atoms with Crippen molar-refractivity contribution >= 4 is 37.9 Å². The summed E-state index contributed by atoms with van der Waals surface area (Å²) in [5.41, 5.74) is 2.70. The highest BCUT2D eigenvalue weighted by Crippen LogP contribution is 2.35. The third-order valence-electron chi connectivity index (χ3n) is 4.80. The highest BCUT2D eigenvalue weighted by atomic mass is 32.2. The van der Waals surface area contributed by atoms with Crippen LogP contribution in [-0.4, -0.2) is 26.2 Å². The van der Waals surface area contributed by atoms with Gasteiger partial charge in [-0.05, 0) is 48.7 Å². The quantitative estimate of drug-likeness (QED) is 0.584. The molecule has 2 heterocycles. The van der Waals surface area contributed by atoms with E-state index in [4.69, 9.17) is 0 Å². The number of aromatic nitrogens is 1. The molecule has 10 heteroatoms. The second-order valence-corrected chi connectivity index (χ2v) is 9.79. The van der Waals surface area contributed by atoms with Gasteiger partial charge in [0.1, 0.15) is 0 Å². The van der Waals surface area contributed by atoms with Crippen LogP contribution in [-0.2, 0) is 22.6 Å². The van der Waals surface area contributed by atoms with Crippen molar-refractivity contribution in [1.29, 1.82) is 0 Å². The van der Waals surface area contributed by atoms with E-state index >= 15 is 0 Å². The summed E-state index contributed by atoms with van der Waals surface area (Å²) in [4.78, 5) is 4.48. The fourth-order valence-electron chi connectivity index (χ4n) is 3.43. The van der Waals surface area contributed by atoms with Gasteiger partial charge in [0.2, 0.25) is 10.0 Å². The molecule has 0 saturated carbocycles. The Balaban J connectivity index is 1.58. The van der Waals surface area contributed by atoms with Gasteiger partial charge in [0.25, 0.3) is 0 Å². The fraction of sp³-hybridized carbons (Fsp3) is 0.250. The van der Waals surface area contributed by atoms with Crippen molar-refractivity contribution in [2.45, 2.75) is 19.0 Å². The molecule has 0 aliphatic carbocycles. The largest absolute Gasteiger partial charge is 0.416 e. The summed E-state index contributed by atoms with van der Waals surface area (Å²) >= 11 is 1.28. The van der Waals surface area contributed by atoms with Gasteiger partial charge in [-0.25, -0.2) is 13.4 Å². The second-order valence-electron chi connectivity index (χ2n) is 7.02. The van der Waals surface area contributed by atoms with E-state index in [0.29, 0.717) is 28.7 Å². The number of sulfonamides is 1. The summed E-state index contributed by atoms with van der Waals surface area (Å²) in [5.74, 6) is 0. The molecule has 2 aromatic carbocycles. The van der Waals surface area contributed by atoms with Crippen LogP contribution < -0.4 is 9.62 Å². The van der Waals surface area contributed by atoms with Crippen LogP contribution >= 0.6 is 11.3 Å². The summed E-state index contributed by atoms with van der Waals surface area (Å²) in [5, 5.41) is 5.20. The number of rotatable bonds is 4. The Labute approximate surface area is 176 Å². The van der Waals surface area contributed by atoms with Crippen LogP contribution in [0.1, 0.15) is 17.5 Å². The first-order chi connectivity index (χ1) is 14.1.